The Hall–Kier alpha value is -2.75. The van der Waals surface area contributed by atoms with Gasteiger partial charge in [0.25, 0.3) is 0 Å². The maximum absolute atomic E-state index is 12.2. The molecule has 0 fully saturated rings. The van der Waals surface area contributed by atoms with Crippen molar-refractivity contribution in [2.45, 2.75) is 19.4 Å². The van der Waals surface area contributed by atoms with Crippen molar-refractivity contribution in [3.8, 4) is 0 Å². The summed E-state index contributed by atoms with van der Waals surface area (Å²) in [7, 11) is 2.92. The van der Waals surface area contributed by atoms with Crippen molar-refractivity contribution in [1.82, 2.24) is 19.7 Å². The van der Waals surface area contributed by atoms with Crippen molar-refractivity contribution in [2.24, 2.45) is 7.05 Å². The van der Waals surface area contributed by atoms with E-state index in [2.05, 4.69) is 15.1 Å². The first-order valence-corrected chi connectivity index (χ1v) is 7.30. The van der Waals surface area contributed by atoms with Gasteiger partial charge in [0.2, 0.25) is 11.1 Å². The van der Waals surface area contributed by atoms with Gasteiger partial charge < -0.3 is 4.74 Å². The van der Waals surface area contributed by atoms with Gasteiger partial charge in [-0.25, -0.2) is 9.78 Å². The van der Waals surface area contributed by atoms with Crippen LogP contribution in [0.5, 0.6) is 0 Å². The van der Waals surface area contributed by atoms with Crippen molar-refractivity contribution >= 4 is 34.9 Å². The normalized spacial score (nSPS) is 11.8. The molecule has 128 valence electrons. The molecule has 2 rings (SSSR count). The second-order valence-corrected chi connectivity index (χ2v) is 5.11. The van der Waals surface area contributed by atoms with Gasteiger partial charge in [0.15, 0.2) is 5.82 Å². The van der Waals surface area contributed by atoms with Gasteiger partial charge in [-0.2, -0.15) is 10.1 Å². The molecule has 0 spiro atoms. The molecule has 11 heteroatoms. The summed E-state index contributed by atoms with van der Waals surface area (Å²) < 4.78 is 6.30. The molecule has 0 aliphatic carbocycles. The Morgan fingerprint density at radius 1 is 1.58 bits per heavy atom. The number of methoxy groups -OCH3 is 1. The van der Waals surface area contributed by atoms with Gasteiger partial charge in [0.05, 0.1) is 12.0 Å². The number of hydrogen-bond acceptors (Lipinski definition) is 8. The van der Waals surface area contributed by atoms with Gasteiger partial charge in [-0.15, -0.1) is 0 Å². The smallest absolute Gasteiger partial charge is 0.330 e. The molecular formula is C13H15ClN6O4. The molecule has 0 aliphatic heterocycles. The van der Waals surface area contributed by atoms with E-state index in [1.54, 1.807) is 26.2 Å². The molecule has 10 nitrogen and oxygen atoms in total. The maximum Gasteiger partial charge on any atom is 0.330 e. The second-order valence-electron chi connectivity index (χ2n) is 4.77. The fourth-order valence-corrected chi connectivity index (χ4v) is 2.32. The molecule has 0 N–H and O–H groups in total. The molecule has 24 heavy (non-hydrogen) atoms. The first kappa shape index (κ1) is 17.6. The van der Waals surface area contributed by atoms with Crippen LogP contribution in [0.2, 0.25) is 5.28 Å². The average molecular weight is 355 g/mol. The molecule has 1 atom stereocenters. The molecule has 0 bridgehead atoms. The van der Waals surface area contributed by atoms with Gasteiger partial charge in [-0.3, -0.25) is 19.7 Å². The molecule has 0 radical (unpaired) electrons. The average Bonchev–Trinajstić information content (AvgIpc) is 2.97. The lowest BCUT2D eigenvalue weighted by atomic mass is 10.2. The number of rotatable bonds is 6. The summed E-state index contributed by atoms with van der Waals surface area (Å²) >= 11 is 5.81. The fourth-order valence-electron chi connectivity index (χ4n) is 2.19. The molecule has 0 amide bonds. The van der Waals surface area contributed by atoms with Gasteiger partial charge in [-0.1, -0.05) is 6.92 Å². The number of nitrogens with zero attached hydrogens (tertiary/aromatic N) is 6. The van der Waals surface area contributed by atoms with Crippen LogP contribution in [0.4, 0.5) is 17.3 Å². The monoisotopic (exact) mass is 354 g/mol. The summed E-state index contributed by atoms with van der Waals surface area (Å²) in [5, 5.41) is 15.4. The number of carbonyl (C=O) groups is 1. The zero-order valence-corrected chi connectivity index (χ0v) is 14.0. The van der Waals surface area contributed by atoms with Crippen molar-refractivity contribution < 1.29 is 14.5 Å². The first-order chi connectivity index (χ1) is 11.4. The molecule has 2 aromatic heterocycles. The zero-order chi connectivity index (χ0) is 17.9. The second kappa shape index (κ2) is 7.21. The quantitative estimate of drug-likeness (QED) is 0.334. The van der Waals surface area contributed by atoms with E-state index in [-0.39, 0.29) is 11.1 Å². The van der Waals surface area contributed by atoms with Crippen LogP contribution in [0.15, 0.2) is 18.5 Å². The summed E-state index contributed by atoms with van der Waals surface area (Å²) in [6.45, 7) is 1.74. The molecule has 0 saturated carbocycles. The van der Waals surface area contributed by atoms with E-state index in [1.807, 2.05) is 0 Å². The van der Waals surface area contributed by atoms with Gasteiger partial charge >= 0.3 is 11.7 Å². The maximum atomic E-state index is 12.2. The summed E-state index contributed by atoms with van der Waals surface area (Å²) in [4.78, 5) is 31.8. The highest BCUT2D eigenvalue weighted by Crippen LogP contribution is 2.34. The van der Waals surface area contributed by atoms with Crippen molar-refractivity contribution in [3.05, 3.63) is 33.9 Å². The summed E-state index contributed by atoms with van der Waals surface area (Å²) in [6, 6.07) is 0.736. The highest BCUT2D eigenvalue weighted by Gasteiger charge is 2.34. The van der Waals surface area contributed by atoms with Crippen LogP contribution >= 0.6 is 11.6 Å². The summed E-state index contributed by atoms with van der Waals surface area (Å²) in [6.07, 6.45) is 2.94. The van der Waals surface area contributed by atoms with Crippen molar-refractivity contribution in [1.29, 1.82) is 0 Å². The largest absolute Gasteiger partial charge is 0.467 e. The van der Waals surface area contributed by atoms with Crippen LogP contribution in [0, 0.1) is 10.1 Å². The number of hydrogen-bond donors (Lipinski definition) is 0. The number of esters is 1. The van der Waals surface area contributed by atoms with E-state index in [9.17, 15) is 14.9 Å². The van der Waals surface area contributed by atoms with Crippen LogP contribution in [-0.2, 0) is 16.6 Å². The van der Waals surface area contributed by atoms with Crippen LogP contribution in [0.1, 0.15) is 13.3 Å². The van der Waals surface area contributed by atoms with Crippen molar-refractivity contribution in [2.75, 3.05) is 12.0 Å². The third-order valence-electron chi connectivity index (χ3n) is 3.26. The van der Waals surface area contributed by atoms with Crippen LogP contribution in [0.3, 0.4) is 0 Å². The minimum Gasteiger partial charge on any atom is -0.467 e. The first-order valence-electron chi connectivity index (χ1n) is 6.92. The van der Waals surface area contributed by atoms with Crippen LogP contribution < -0.4 is 4.90 Å². The van der Waals surface area contributed by atoms with E-state index in [4.69, 9.17) is 16.3 Å². The molecule has 0 aliphatic rings. The fraction of sp³-hybridized carbons (Fsp3) is 0.385. The van der Waals surface area contributed by atoms with Gasteiger partial charge in [0, 0.05) is 19.3 Å². The minimum absolute atomic E-state index is 0.129. The molecule has 2 aromatic rings. The lowest BCUT2D eigenvalue weighted by Gasteiger charge is -2.27. The predicted octanol–water partition coefficient (Wildman–Crippen LogP) is 1.86. The van der Waals surface area contributed by atoms with E-state index in [0.717, 1.165) is 6.20 Å². The SMILES string of the molecule is CCC(C(=O)OC)N(c1ccn(C)n1)c1nc(Cl)ncc1[N+](=O)[O-]. The lowest BCUT2D eigenvalue weighted by Crippen LogP contribution is -2.39. The molecule has 0 aromatic carbocycles. The van der Waals surface area contributed by atoms with E-state index >= 15 is 0 Å². The number of halogens is 1. The number of aromatic nitrogens is 4. The van der Waals surface area contributed by atoms with Gasteiger partial charge in [0.1, 0.15) is 12.2 Å². The molecule has 2 heterocycles. The van der Waals surface area contributed by atoms with Crippen molar-refractivity contribution in [3.63, 3.8) is 0 Å². The van der Waals surface area contributed by atoms with Crippen LogP contribution in [-0.4, -0.2) is 43.8 Å². The highest BCUT2D eigenvalue weighted by molar-refractivity contribution is 6.28. The number of anilines is 2. The molecular weight excluding hydrogens is 340 g/mol. The molecule has 1 unspecified atom stereocenters. The number of ether oxygens (including phenoxy) is 1. The number of aryl methyl sites for hydroxylation is 1. The summed E-state index contributed by atoms with van der Waals surface area (Å²) in [5.41, 5.74) is -0.396. The Morgan fingerprint density at radius 2 is 2.29 bits per heavy atom. The van der Waals surface area contributed by atoms with Crippen LogP contribution in [0.25, 0.3) is 0 Å². The Balaban J connectivity index is 2.69. The lowest BCUT2D eigenvalue weighted by molar-refractivity contribution is -0.384. The Morgan fingerprint density at radius 3 is 2.79 bits per heavy atom. The number of nitro groups is 1. The Kier molecular flexibility index (Phi) is 5.29. The zero-order valence-electron chi connectivity index (χ0n) is 13.2. The topological polar surface area (TPSA) is 116 Å². The van der Waals surface area contributed by atoms with E-state index in [1.165, 1.54) is 16.7 Å². The van der Waals surface area contributed by atoms with E-state index < -0.39 is 22.6 Å². The van der Waals surface area contributed by atoms with Gasteiger partial charge in [-0.05, 0) is 18.0 Å². The molecule has 0 saturated heterocycles. The van der Waals surface area contributed by atoms with E-state index in [0.29, 0.717) is 12.2 Å². The highest BCUT2D eigenvalue weighted by atomic mass is 35.5. The minimum atomic E-state index is -0.866. The Bertz CT molecular complexity index is 765. The predicted molar refractivity (Wildman–Crippen MR) is 85.1 cm³/mol. The third kappa shape index (κ3) is 3.43. The summed E-state index contributed by atoms with van der Waals surface area (Å²) in [5.74, 6) is -0.407. The third-order valence-corrected chi connectivity index (χ3v) is 3.45. The number of carbonyl (C=O) groups excluding carboxylic acids is 1. The Labute approximate surface area is 142 Å². The standard InChI is InChI=1S/C13H15ClN6O4/c1-4-8(12(21)24-3)19(10-5-6-18(2)17-10)11-9(20(22)23)7-15-13(14)16-11/h5-8H,4H2,1-3H3.